The van der Waals surface area contributed by atoms with Crippen molar-refractivity contribution in [1.82, 2.24) is 0 Å². The van der Waals surface area contributed by atoms with Gasteiger partial charge >= 0.3 is 0 Å². The topological polar surface area (TPSA) is 46.2 Å². The number of nitrogen functional groups attached to an aromatic ring is 1. The molecule has 100 valence electrons. The molecule has 1 atom stereocenters. The van der Waals surface area contributed by atoms with Crippen molar-refractivity contribution in [3.63, 3.8) is 0 Å². The number of aliphatic hydroxyl groups excluding tert-OH is 1. The summed E-state index contributed by atoms with van der Waals surface area (Å²) >= 11 is 5.64. The lowest BCUT2D eigenvalue weighted by Gasteiger charge is -2.14. The highest BCUT2D eigenvalue weighted by molar-refractivity contribution is 6.30. The van der Waals surface area contributed by atoms with Gasteiger partial charge in [-0.1, -0.05) is 17.7 Å². The molecule has 5 heteroatoms. The second-order valence-electron chi connectivity index (χ2n) is 4.23. The molecule has 0 bridgehead atoms. The van der Waals surface area contributed by atoms with E-state index in [-0.39, 0.29) is 22.7 Å². The molecule has 2 aromatic rings. The number of halogens is 3. The van der Waals surface area contributed by atoms with Crippen LogP contribution in [0.3, 0.4) is 0 Å². The fourth-order valence-corrected chi connectivity index (χ4v) is 2.00. The summed E-state index contributed by atoms with van der Waals surface area (Å²) < 4.78 is 26.7. The van der Waals surface area contributed by atoms with E-state index in [4.69, 9.17) is 17.3 Å². The molecule has 0 saturated carbocycles. The van der Waals surface area contributed by atoms with E-state index in [1.54, 1.807) is 0 Å². The maximum absolute atomic E-state index is 13.6. The first kappa shape index (κ1) is 13.8. The standard InChI is InChI=1S/C14H12ClF2NO/c15-9-2-1-8(12(17)6-9)5-14(19)11-7-10(16)3-4-13(11)18/h1-4,6-7,14,19H,5,18H2. The minimum Gasteiger partial charge on any atom is -0.398 e. The van der Waals surface area contributed by atoms with Crippen LogP contribution in [0.1, 0.15) is 17.2 Å². The maximum atomic E-state index is 13.6. The highest BCUT2D eigenvalue weighted by atomic mass is 35.5. The van der Waals surface area contributed by atoms with Crippen molar-refractivity contribution in [2.75, 3.05) is 5.73 Å². The Bertz CT molecular complexity index is 604. The van der Waals surface area contributed by atoms with Crippen molar-refractivity contribution in [2.24, 2.45) is 0 Å². The summed E-state index contributed by atoms with van der Waals surface area (Å²) in [4.78, 5) is 0. The van der Waals surface area contributed by atoms with Crippen molar-refractivity contribution >= 4 is 17.3 Å². The summed E-state index contributed by atoms with van der Waals surface area (Å²) in [5.41, 5.74) is 6.47. The second kappa shape index (κ2) is 5.55. The first-order chi connectivity index (χ1) is 8.97. The van der Waals surface area contributed by atoms with Crippen LogP contribution in [0, 0.1) is 11.6 Å². The second-order valence-corrected chi connectivity index (χ2v) is 4.67. The Morgan fingerprint density at radius 2 is 1.89 bits per heavy atom. The number of hydrogen-bond donors (Lipinski definition) is 2. The van der Waals surface area contributed by atoms with Crippen molar-refractivity contribution in [3.8, 4) is 0 Å². The van der Waals surface area contributed by atoms with Gasteiger partial charge in [0, 0.05) is 22.7 Å². The SMILES string of the molecule is Nc1ccc(F)cc1C(O)Cc1ccc(Cl)cc1F. The molecule has 2 rings (SSSR count). The normalized spacial score (nSPS) is 12.4. The minimum atomic E-state index is -1.08. The number of rotatable bonds is 3. The van der Waals surface area contributed by atoms with Gasteiger partial charge in [-0.05, 0) is 35.9 Å². The van der Waals surface area contributed by atoms with Crippen molar-refractivity contribution in [2.45, 2.75) is 12.5 Å². The van der Waals surface area contributed by atoms with Gasteiger partial charge in [0.1, 0.15) is 11.6 Å². The van der Waals surface area contributed by atoms with Crippen LogP contribution in [0.2, 0.25) is 5.02 Å². The number of hydrogen-bond acceptors (Lipinski definition) is 2. The van der Waals surface area contributed by atoms with Crippen molar-refractivity contribution in [3.05, 3.63) is 64.2 Å². The Labute approximate surface area is 114 Å². The van der Waals surface area contributed by atoms with Gasteiger partial charge in [-0.3, -0.25) is 0 Å². The molecule has 0 saturated heterocycles. The van der Waals surface area contributed by atoms with E-state index in [1.807, 2.05) is 0 Å². The van der Waals surface area contributed by atoms with E-state index in [2.05, 4.69) is 0 Å². The van der Waals surface area contributed by atoms with Crippen LogP contribution in [0.15, 0.2) is 36.4 Å². The zero-order valence-corrected chi connectivity index (χ0v) is 10.7. The summed E-state index contributed by atoms with van der Waals surface area (Å²) in [6.45, 7) is 0. The summed E-state index contributed by atoms with van der Waals surface area (Å²) in [6.07, 6.45) is -1.08. The molecule has 0 aliphatic carbocycles. The zero-order chi connectivity index (χ0) is 14.0. The number of aliphatic hydroxyl groups is 1. The van der Waals surface area contributed by atoms with Crippen LogP contribution in [0.4, 0.5) is 14.5 Å². The number of anilines is 1. The molecule has 19 heavy (non-hydrogen) atoms. The van der Waals surface area contributed by atoms with E-state index < -0.39 is 17.7 Å². The first-order valence-corrected chi connectivity index (χ1v) is 6.02. The molecular formula is C14H12ClF2NO. The third-order valence-electron chi connectivity index (χ3n) is 2.84. The van der Waals surface area contributed by atoms with Gasteiger partial charge in [0.2, 0.25) is 0 Å². The summed E-state index contributed by atoms with van der Waals surface area (Å²) in [7, 11) is 0. The Morgan fingerprint density at radius 3 is 2.58 bits per heavy atom. The van der Waals surface area contributed by atoms with Gasteiger partial charge in [-0.15, -0.1) is 0 Å². The van der Waals surface area contributed by atoms with Crippen molar-refractivity contribution < 1.29 is 13.9 Å². The summed E-state index contributed by atoms with van der Waals surface area (Å²) in [5.74, 6) is -1.01. The van der Waals surface area contributed by atoms with Gasteiger partial charge < -0.3 is 10.8 Å². The van der Waals surface area contributed by atoms with Gasteiger partial charge in [0.25, 0.3) is 0 Å². The first-order valence-electron chi connectivity index (χ1n) is 5.64. The fourth-order valence-electron chi connectivity index (χ4n) is 1.84. The number of nitrogens with two attached hydrogens (primary N) is 1. The van der Waals surface area contributed by atoms with E-state index >= 15 is 0 Å². The average molecular weight is 284 g/mol. The molecule has 0 aromatic heterocycles. The smallest absolute Gasteiger partial charge is 0.127 e. The van der Waals surface area contributed by atoms with Crippen LogP contribution in [0.25, 0.3) is 0 Å². The predicted molar refractivity (Wildman–Crippen MR) is 70.9 cm³/mol. The molecule has 1 unspecified atom stereocenters. The van der Waals surface area contributed by atoms with Crippen LogP contribution in [-0.4, -0.2) is 5.11 Å². The highest BCUT2D eigenvalue weighted by Gasteiger charge is 2.15. The predicted octanol–water partition coefficient (Wildman–Crippen LogP) is 3.48. The van der Waals surface area contributed by atoms with E-state index in [1.165, 1.54) is 30.3 Å². The molecule has 0 aliphatic rings. The van der Waals surface area contributed by atoms with Crippen LogP contribution < -0.4 is 5.73 Å². The van der Waals surface area contributed by atoms with E-state index in [9.17, 15) is 13.9 Å². The molecular weight excluding hydrogens is 272 g/mol. The molecule has 0 spiro atoms. The Hall–Kier alpha value is -1.65. The molecule has 2 aromatic carbocycles. The van der Waals surface area contributed by atoms with Crippen LogP contribution in [0.5, 0.6) is 0 Å². The van der Waals surface area contributed by atoms with Gasteiger partial charge in [-0.2, -0.15) is 0 Å². The van der Waals surface area contributed by atoms with E-state index in [0.29, 0.717) is 5.56 Å². The van der Waals surface area contributed by atoms with Gasteiger partial charge in [-0.25, -0.2) is 8.78 Å². The van der Waals surface area contributed by atoms with Crippen molar-refractivity contribution in [1.29, 1.82) is 0 Å². The highest BCUT2D eigenvalue weighted by Crippen LogP contribution is 2.26. The lowest BCUT2D eigenvalue weighted by Crippen LogP contribution is -2.07. The van der Waals surface area contributed by atoms with Crippen LogP contribution in [-0.2, 0) is 6.42 Å². The Balaban J connectivity index is 2.25. The molecule has 3 N–H and O–H groups in total. The lowest BCUT2D eigenvalue weighted by molar-refractivity contribution is 0.177. The minimum absolute atomic E-state index is 0.00332. The Morgan fingerprint density at radius 1 is 1.16 bits per heavy atom. The molecule has 0 amide bonds. The third-order valence-corrected chi connectivity index (χ3v) is 3.07. The quantitative estimate of drug-likeness (QED) is 0.847. The monoisotopic (exact) mass is 283 g/mol. The number of benzene rings is 2. The molecule has 0 heterocycles. The summed E-state index contributed by atoms with van der Waals surface area (Å²) in [6, 6.07) is 7.89. The third kappa shape index (κ3) is 3.22. The largest absolute Gasteiger partial charge is 0.398 e. The van der Waals surface area contributed by atoms with E-state index in [0.717, 1.165) is 6.07 Å². The fraction of sp³-hybridized carbons (Fsp3) is 0.143. The molecule has 2 nitrogen and oxygen atoms in total. The zero-order valence-electron chi connectivity index (χ0n) is 9.91. The molecule has 0 radical (unpaired) electrons. The molecule has 0 fully saturated rings. The Kier molecular flexibility index (Phi) is 4.02. The van der Waals surface area contributed by atoms with Gasteiger partial charge in [0.15, 0.2) is 0 Å². The van der Waals surface area contributed by atoms with Crippen LogP contribution >= 0.6 is 11.6 Å². The average Bonchev–Trinajstić information content (AvgIpc) is 2.35. The molecule has 0 aliphatic heterocycles. The summed E-state index contributed by atoms with van der Waals surface area (Å²) in [5, 5.41) is 10.3. The lowest BCUT2D eigenvalue weighted by atomic mass is 9.99. The maximum Gasteiger partial charge on any atom is 0.127 e. The van der Waals surface area contributed by atoms with Gasteiger partial charge in [0.05, 0.1) is 6.10 Å².